The average molecular weight is 370 g/mol. The zero-order chi connectivity index (χ0) is 18.6. The maximum atomic E-state index is 5.92. The van der Waals surface area contributed by atoms with Crippen LogP contribution in [-0.2, 0) is 0 Å². The minimum atomic E-state index is 0.632. The zero-order valence-corrected chi connectivity index (χ0v) is 16.1. The molecule has 0 amide bonds. The first-order chi connectivity index (χ1) is 13.4. The molecule has 5 heteroatoms. The molecule has 2 heterocycles. The van der Waals surface area contributed by atoms with Crippen molar-refractivity contribution in [1.29, 1.82) is 0 Å². The quantitative estimate of drug-likeness (QED) is 0.658. The molecule has 0 unspecified atom stereocenters. The smallest absolute Gasteiger partial charge is 0.122 e. The van der Waals surface area contributed by atoms with Crippen LogP contribution in [0.25, 0.3) is 0 Å². The summed E-state index contributed by atoms with van der Waals surface area (Å²) < 4.78 is 11.8. The lowest BCUT2D eigenvalue weighted by Gasteiger charge is -2.33. The molecule has 2 aromatic rings. The third kappa shape index (κ3) is 7.18. The van der Waals surface area contributed by atoms with E-state index in [9.17, 15) is 0 Å². The first-order valence-electron chi connectivity index (χ1n) is 10.2. The normalized spacial score (nSPS) is 15.9. The topological polar surface area (TPSA) is 47.5 Å². The van der Waals surface area contributed by atoms with E-state index >= 15 is 0 Å². The maximum absolute atomic E-state index is 5.92. The first-order valence-corrected chi connectivity index (χ1v) is 10.2. The molecule has 27 heavy (non-hydrogen) atoms. The number of ether oxygens (including phenoxy) is 2. The van der Waals surface area contributed by atoms with Crippen molar-refractivity contribution in [3.8, 4) is 11.5 Å². The second-order valence-electron chi connectivity index (χ2n) is 7.10. The molecule has 0 bridgehead atoms. The number of nitrogens with zero attached hydrogens (tertiary/aromatic N) is 3. The van der Waals surface area contributed by atoms with E-state index in [0.717, 1.165) is 24.6 Å². The predicted molar refractivity (Wildman–Crippen MR) is 107 cm³/mol. The Hall–Kier alpha value is -2.14. The Balaban J connectivity index is 1.51. The second kappa shape index (κ2) is 11.5. The summed E-state index contributed by atoms with van der Waals surface area (Å²) >= 11 is 0. The summed E-state index contributed by atoms with van der Waals surface area (Å²) in [4.78, 5) is 10.6. The lowest BCUT2D eigenvalue weighted by atomic mass is 9.95. The molecule has 0 spiro atoms. The van der Waals surface area contributed by atoms with Crippen molar-refractivity contribution in [3.05, 3.63) is 49.1 Å². The molecule has 1 saturated carbocycles. The summed E-state index contributed by atoms with van der Waals surface area (Å²) in [5.74, 6) is 1.77. The minimum absolute atomic E-state index is 0.632. The summed E-state index contributed by atoms with van der Waals surface area (Å²) in [6.45, 7) is 3.23. The van der Waals surface area contributed by atoms with Crippen molar-refractivity contribution < 1.29 is 9.47 Å². The van der Waals surface area contributed by atoms with Gasteiger partial charge in [0.25, 0.3) is 0 Å². The fourth-order valence-electron chi connectivity index (χ4n) is 3.71. The van der Waals surface area contributed by atoms with Gasteiger partial charge in [0.2, 0.25) is 0 Å². The Bertz CT molecular complexity index is 570. The van der Waals surface area contributed by atoms with E-state index in [1.54, 1.807) is 24.8 Å². The minimum Gasteiger partial charge on any atom is -0.492 e. The Morgan fingerprint density at radius 3 is 1.63 bits per heavy atom. The van der Waals surface area contributed by atoms with Crippen molar-refractivity contribution in [2.24, 2.45) is 0 Å². The molecule has 0 radical (unpaired) electrons. The number of hydrogen-bond donors (Lipinski definition) is 0. The molecule has 1 aliphatic carbocycles. The van der Waals surface area contributed by atoms with E-state index in [1.807, 2.05) is 24.3 Å². The van der Waals surface area contributed by atoms with Crippen LogP contribution in [-0.4, -0.2) is 47.2 Å². The summed E-state index contributed by atoms with van der Waals surface area (Å²) in [5, 5.41) is 0. The molecule has 0 aliphatic heterocycles. The van der Waals surface area contributed by atoms with Crippen LogP contribution >= 0.6 is 0 Å². The largest absolute Gasteiger partial charge is 0.492 e. The van der Waals surface area contributed by atoms with Crippen LogP contribution in [0.3, 0.4) is 0 Å². The Morgan fingerprint density at radius 1 is 0.704 bits per heavy atom. The summed E-state index contributed by atoms with van der Waals surface area (Å²) in [5.41, 5.74) is 0. The molecular weight excluding hydrogens is 338 g/mol. The molecule has 0 saturated heterocycles. The molecule has 5 nitrogen and oxygen atoms in total. The number of rotatable bonds is 9. The van der Waals surface area contributed by atoms with Gasteiger partial charge in [0.1, 0.15) is 24.7 Å². The van der Waals surface area contributed by atoms with E-state index in [-0.39, 0.29) is 0 Å². The first kappa shape index (κ1) is 19.6. The third-order valence-corrected chi connectivity index (χ3v) is 5.19. The highest BCUT2D eigenvalue weighted by atomic mass is 16.5. The van der Waals surface area contributed by atoms with Crippen LogP contribution < -0.4 is 9.47 Å². The highest BCUT2D eigenvalue weighted by Gasteiger charge is 2.19. The highest BCUT2D eigenvalue weighted by molar-refractivity contribution is 5.17. The number of hydrogen-bond acceptors (Lipinski definition) is 5. The Kier molecular flexibility index (Phi) is 8.39. The predicted octanol–water partition coefficient (Wildman–Crippen LogP) is 4.35. The van der Waals surface area contributed by atoms with E-state index < -0.39 is 0 Å². The lowest BCUT2D eigenvalue weighted by molar-refractivity contribution is 0.117. The van der Waals surface area contributed by atoms with Gasteiger partial charge in [-0.3, -0.25) is 14.9 Å². The van der Waals surface area contributed by atoms with Crippen LogP contribution in [0.15, 0.2) is 49.1 Å². The SMILES string of the molecule is c1cc(OCCN(CCOc2ccncc2)C2CCCCCCC2)ccn1. The van der Waals surface area contributed by atoms with Crippen LogP contribution in [0.1, 0.15) is 44.9 Å². The Labute approximate surface area is 162 Å². The van der Waals surface area contributed by atoms with Gasteiger partial charge in [-0.05, 0) is 37.1 Å². The van der Waals surface area contributed by atoms with Gasteiger partial charge in [-0.1, -0.05) is 32.1 Å². The van der Waals surface area contributed by atoms with Gasteiger partial charge >= 0.3 is 0 Å². The molecule has 0 atom stereocenters. The van der Waals surface area contributed by atoms with Crippen molar-refractivity contribution >= 4 is 0 Å². The van der Waals surface area contributed by atoms with Gasteiger partial charge in [-0.2, -0.15) is 0 Å². The number of pyridine rings is 2. The van der Waals surface area contributed by atoms with Crippen LogP contribution in [0, 0.1) is 0 Å². The van der Waals surface area contributed by atoms with Gasteiger partial charge in [0, 0.05) is 43.9 Å². The summed E-state index contributed by atoms with van der Waals surface area (Å²) in [7, 11) is 0. The van der Waals surface area contributed by atoms with Gasteiger partial charge < -0.3 is 9.47 Å². The van der Waals surface area contributed by atoms with Gasteiger partial charge in [-0.25, -0.2) is 0 Å². The van der Waals surface area contributed by atoms with Crippen LogP contribution in [0.2, 0.25) is 0 Å². The van der Waals surface area contributed by atoms with Crippen molar-refractivity contribution in [2.75, 3.05) is 26.3 Å². The van der Waals surface area contributed by atoms with E-state index in [2.05, 4.69) is 14.9 Å². The monoisotopic (exact) mass is 369 g/mol. The van der Waals surface area contributed by atoms with Gasteiger partial charge in [-0.15, -0.1) is 0 Å². The molecule has 146 valence electrons. The van der Waals surface area contributed by atoms with E-state index in [4.69, 9.17) is 9.47 Å². The number of aromatic nitrogens is 2. The third-order valence-electron chi connectivity index (χ3n) is 5.19. The molecule has 1 fully saturated rings. The molecule has 3 rings (SSSR count). The average Bonchev–Trinajstić information content (AvgIpc) is 2.69. The molecule has 0 N–H and O–H groups in total. The van der Waals surface area contributed by atoms with Crippen LogP contribution in [0.5, 0.6) is 11.5 Å². The van der Waals surface area contributed by atoms with Crippen molar-refractivity contribution in [2.45, 2.75) is 51.0 Å². The zero-order valence-electron chi connectivity index (χ0n) is 16.1. The fraction of sp³-hybridized carbons (Fsp3) is 0.545. The second-order valence-corrected chi connectivity index (χ2v) is 7.10. The molecule has 2 aromatic heterocycles. The summed E-state index contributed by atoms with van der Waals surface area (Å²) in [6, 6.07) is 8.27. The lowest BCUT2D eigenvalue weighted by Crippen LogP contribution is -2.41. The molecular formula is C22H31N3O2. The van der Waals surface area contributed by atoms with Crippen LogP contribution in [0.4, 0.5) is 0 Å². The van der Waals surface area contributed by atoms with Gasteiger partial charge in [0.15, 0.2) is 0 Å². The maximum Gasteiger partial charge on any atom is 0.122 e. The Morgan fingerprint density at radius 2 is 1.15 bits per heavy atom. The van der Waals surface area contributed by atoms with E-state index in [1.165, 1.54) is 44.9 Å². The fourth-order valence-corrected chi connectivity index (χ4v) is 3.71. The van der Waals surface area contributed by atoms with Crippen molar-refractivity contribution in [1.82, 2.24) is 14.9 Å². The van der Waals surface area contributed by atoms with Gasteiger partial charge in [0.05, 0.1) is 0 Å². The molecule has 1 aliphatic rings. The van der Waals surface area contributed by atoms with E-state index in [0.29, 0.717) is 19.3 Å². The summed E-state index contributed by atoms with van der Waals surface area (Å²) in [6.07, 6.45) is 16.4. The standard InChI is InChI=1S/C22H31N3O2/c1-2-4-6-20(7-5-3-1)25(16-18-26-21-8-12-23-13-9-21)17-19-27-22-10-14-24-15-11-22/h8-15,20H,1-7,16-19H2. The highest BCUT2D eigenvalue weighted by Crippen LogP contribution is 2.21. The van der Waals surface area contributed by atoms with Crippen molar-refractivity contribution in [3.63, 3.8) is 0 Å². The molecule has 0 aromatic carbocycles.